The molecular weight excluding hydrogens is 293 g/mol. The van der Waals surface area contributed by atoms with Crippen molar-refractivity contribution in [3.8, 4) is 0 Å². The largest absolute Gasteiger partial charge is 0.314 e. The van der Waals surface area contributed by atoms with Crippen LogP contribution in [0, 0.1) is 5.82 Å². The van der Waals surface area contributed by atoms with Gasteiger partial charge in [0.05, 0.1) is 0 Å². The number of nitrogens with one attached hydrogen (secondary N) is 2. The van der Waals surface area contributed by atoms with E-state index in [2.05, 4.69) is 10.0 Å². The third kappa shape index (κ3) is 6.52. The number of benzene rings is 1. The molecule has 1 aromatic rings. The summed E-state index contributed by atoms with van der Waals surface area (Å²) in [5.74, 6) is -0.413. The number of nitrogens with zero attached hydrogens (tertiary/aromatic N) is 1. The number of rotatable bonds is 9. The van der Waals surface area contributed by atoms with Crippen LogP contribution >= 0.6 is 0 Å². The summed E-state index contributed by atoms with van der Waals surface area (Å²) in [5, 5.41) is 3.23. The highest BCUT2D eigenvalue weighted by Crippen LogP contribution is 2.07. The first-order chi connectivity index (χ1) is 9.83. The van der Waals surface area contributed by atoms with Gasteiger partial charge in [-0.1, -0.05) is 32.0 Å². The van der Waals surface area contributed by atoms with Crippen LogP contribution in [0.2, 0.25) is 0 Å². The van der Waals surface area contributed by atoms with E-state index in [1.54, 1.807) is 18.2 Å². The first kappa shape index (κ1) is 18.0. The molecule has 0 saturated heterocycles. The van der Waals surface area contributed by atoms with Gasteiger partial charge in [-0.15, -0.1) is 0 Å². The number of hydrogen-bond donors (Lipinski definition) is 2. The van der Waals surface area contributed by atoms with Crippen molar-refractivity contribution in [2.24, 2.45) is 0 Å². The molecule has 0 spiro atoms. The monoisotopic (exact) mass is 317 g/mol. The maximum atomic E-state index is 13.4. The molecule has 0 atom stereocenters. The molecule has 0 bridgehead atoms. The minimum absolute atomic E-state index is 0.0520. The predicted molar refractivity (Wildman–Crippen MR) is 82.5 cm³/mol. The zero-order valence-electron chi connectivity index (χ0n) is 12.8. The molecule has 0 aliphatic heterocycles. The van der Waals surface area contributed by atoms with Crippen LogP contribution in [-0.4, -0.2) is 38.9 Å². The molecule has 7 heteroatoms. The second kappa shape index (κ2) is 8.43. The van der Waals surface area contributed by atoms with E-state index in [1.807, 2.05) is 13.8 Å². The van der Waals surface area contributed by atoms with E-state index in [0.717, 1.165) is 13.0 Å². The van der Waals surface area contributed by atoms with Crippen molar-refractivity contribution >= 4 is 10.2 Å². The van der Waals surface area contributed by atoms with Gasteiger partial charge < -0.3 is 5.32 Å². The summed E-state index contributed by atoms with van der Waals surface area (Å²) >= 11 is 0. The van der Waals surface area contributed by atoms with Gasteiger partial charge in [-0.05, 0) is 19.0 Å². The van der Waals surface area contributed by atoms with Crippen molar-refractivity contribution in [1.82, 2.24) is 14.3 Å². The van der Waals surface area contributed by atoms with Gasteiger partial charge >= 0.3 is 0 Å². The topological polar surface area (TPSA) is 61.4 Å². The Morgan fingerprint density at radius 1 is 1.29 bits per heavy atom. The van der Waals surface area contributed by atoms with Crippen molar-refractivity contribution in [3.05, 3.63) is 35.6 Å². The summed E-state index contributed by atoms with van der Waals surface area (Å²) in [6.07, 6.45) is 0.718. The Hall–Kier alpha value is -1.02. The fraction of sp³-hybridized carbons (Fsp3) is 0.571. The summed E-state index contributed by atoms with van der Waals surface area (Å²) in [4.78, 5) is 0. The van der Waals surface area contributed by atoms with Crippen LogP contribution in [0.3, 0.4) is 0 Å². The van der Waals surface area contributed by atoms with Crippen molar-refractivity contribution in [3.63, 3.8) is 0 Å². The van der Waals surface area contributed by atoms with Crippen LogP contribution in [0.5, 0.6) is 0 Å². The lowest BCUT2D eigenvalue weighted by Crippen LogP contribution is -2.39. The van der Waals surface area contributed by atoms with E-state index in [1.165, 1.54) is 17.4 Å². The van der Waals surface area contributed by atoms with E-state index >= 15 is 0 Å². The predicted octanol–water partition coefficient (Wildman–Crippen LogP) is 1.48. The standard InChI is InChI=1S/C14H24FN3O2S/c1-12(2)16-9-6-10-18(3)21(19,20)17-11-13-7-4-5-8-14(13)15/h4-5,7-8,12,16-17H,6,9-11H2,1-3H3. The fourth-order valence-electron chi connectivity index (χ4n) is 1.73. The quantitative estimate of drug-likeness (QED) is 0.678. The third-order valence-electron chi connectivity index (χ3n) is 3.02. The highest BCUT2D eigenvalue weighted by molar-refractivity contribution is 7.87. The second-order valence-electron chi connectivity index (χ2n) is 5.20. The summed E-state index contributed by atoms with van der Waals surface area (Å²) in [6.45, 7) is 5.19. The van der Waals surface area contributed by atoms with Crippen LogP contribution in [0.4, 0.5) is 4.39 Å². The van der Waals surface area contributed by atoms with Crippen molar-refractivity contribution in [2.45, 2.75) is 32.9 Å². The zero-order valence-corrected chi connectivity index (χ0v) is 13.6. The summed E-state index contributed by atoms with van der Waals surface area (Å²) < 4.78 is 41.1. The van der Waals surface area contributed by atoms with Gasteiger partial charge in [0.1, 0.15) is 5.82 Å². The average molecular weight is 317 g/mol. The Bertz CT molecular complexity index is 535. The lowest BCUT2D eigenvalue weighted by atomic mass is 10.2. The van der Waals surface area contributed by atoms with E-state index < -0.39 is 16.0 Å². The molecule has 1 aromatic carbocycles. The molecule has 21 heavy (non-hydrogen) atoms. The molecule has 0 fully saturated rings. The molecule has 120 valence electrons. The Balaban J connectivity index is 2.43. The van der Waals surface area contributed by atoms with Crippen LogP contribution in [0.1, 0.15) is 25.8 Å². The molecule has 0 radical (unpaired) electrons. The normalized spacial score (nSPS) is 12.3. The molecule has 2 N–H and O–H groups in total. The molecule has 0 unspecified atom stereocenters. The van der Waals surface area contributed by atoms with E-state index in [0.29, 0.717) is 18.2 Å². The zero-order chi connectivity index (χ0) is 15.9. The number of halogens is 1. The molecular formula is C14H24FN3O2S. The Labute approximate surface area is 126 Å². The molecule has 1 rings (SSSR count). The lowest BCUT2D eigenvalue weighted by molar-refractivity contribution is 0.438. The van der Waals surface area contributed by atoms with Gasteiger partial charge in [0.2, 0.25) is 0 Å². The second-order valence-corrected chi connectivity index (χ2v) is 7.06. The molecule has 0 aromatic heterocycles. The molecule has 0 heterocycles. The van der Waals surface area contributed by atoms with Crippen molar-refractivity contribution in [1.29, 1.82) is 0 Å². The van der Waals surface area contributed by atoms with E-state index in [-0.39, 0.29) is 6.54 Å². The minimum atomic E-state index is -3.59. The highest BCUT2D eigenvalue weighted by Gasteiger charge is 2.17. The van der Waals surface area contributed by atoms with Crippen molar-refractivity contribution in [2.75, 3.05) is 20.1 Å². The lowest BCUT2D eigenvalue weighted by Gasteiger charge is -2.18. The van der Waals surface area contributed by atoms with Crippen molar-refractivity contribution < 1.29 is 12.8 Å². The molecule has 0 saturated carbocycles. The third-order valence-corrected chi connectivity index (χ3v) is 4.53. The molecule has 0 amide bonds. The van der Waals surface area contributed by atoms with E-state index in [4.69, 9.17) is 0 Å². The fourth-order valence-corrected chi connectivity index (χ4v) is 2.66. The van der Waals surface area contributed by atoms with Gasteiger partial charge in [-0.25, -0.2) is 4.39 Å². The van der Waals surface area contributed by atoms with Gasteiger partial charge in [-0.2, -0.15) is 17.4 Å². The summed E-state index contributed by atoms with van der Waals surface area (Å²) in [6, 6.07) is 6.50. The van der Waals surface area contributed by atoms with Gasteiger partial charge in [0, 0.05) is 31.7 Å². The average Bonchev–Trinajstić information content (AvgIpc) is 2.42. The summed E-state index contributed by atoms with van der Waals surface area (Å²) in [5.41, 5.74) is 0.330. The summed E-state index contributed by atoms with van der Waals surface area (Å²) in [7, 11) is -2.07. The Morgan fingerprint density at radius 2 is 1.95 bits per heavy atom. The van der Waals surface area contributed by atoms with Crippen LogP contribution in [0.15, 0.2) is 24.3 Å². The molecule has 5 nitrogen and oxygen atoms in total. The van der Waals surface area contributed by atoms with Gasteiger partial charge in [0.25, 0.3) is 10.2 Å². The SMILES string of the molecule is CC(C)NCCCN(C)S(=O)(=O)NCc1ccccc1F. The van der Waals surface area contributed by atoms with Gasteiger partial charge in [-0.3, -0.25) is 0 Å². The van der Waals surface area contributed by atoms with Crippen LogP contribution < -0.4 is 10.0 Å². The van der Waals surface area contributed by atoms with Gasteiger partial charge in [0.15, 0.2) is 0 Å². The number of hydrogen-bond acceptors (Lipinski definition) is 3. The van der Waals surface area contributed by atoms with Crippen LogP contribution in [0.25, 0.3) is 0 Å². The maximum absolute atomic E-state index is 13.4. The smallest absolute Gasteiger partial charge is 0.279 e. The van der Waals surface area contributed by atoms with E-state index in [9.17, 15) is 12.8 Å². The van der Waals surface area contributed by atoms with Crippen LogP contribution in [-0.2, 0) is 16.8 Å². The Morgan fingerprint density at radius 3 is 2.57 bits per heavy atom. The first-order valence-electron chi connectivity index (χ1n) is 7.00. The Kier molecular flexibility index (Phi) is 7.24. The molecule has 0 aliphatic carbocycles. The minimum Gasteiger partial charge on any atom is -0.314 e. The molecule has 0 aliphatic rings. The first-order valence-corrected chi connectivity index (χ1v) is 8.44. The highest BCUT2D eigenvalue weighted by atomic mass is 32.2. The maximum Gasteiger partial charge on any atom is 0.279 e.